The van der Waals surface area contributed by atoms with Crippen molar-refractivity contribution < 1.29 is 4.79 Å². The molecule has 0 fully saturated rings. The van der Waals surface area contributed by atoms with Gasteiger partial charge < -0.3 is 5.32 Å². The van der Waals surface area contributed by atoms with Crippen LogP contribution in [0.5, 0.6) is 0 Å². The molecule has 106 valence electrons. The number of thioether (sulfide) groups is 1. The van der Waals surface area contributed by atoms with E-state index in [1.807, 2.05) is 12.1 Å². The average molecular weight is 307 g/mol. The number of hydrogen-bond donors (Lipinski definition) is 1. The van der Waals surface area contributed by atoms with E-state index in [9.17, 15) is 4.79 Å². The van der Waals surface area contributed by atoms with Crippen LogP contribution in [0.4, 0.5) is 10.8 Å². The molecule has 0 amide bonds. The summed E-state index contributed by atoms with van der Waals surface area (Å²) in [5.41, 5.74) is 2.30. The second-order valence-corrected chi connectivity index (χ2v) is 6.97. The molecule has 2 aromatic rings. The number of benzene rings is 1. The lowest BCUT2D eigenvalue weighted by Crippen LogP contribution is -1.92. The number of rotatable bonds is 6. The van der Waals surface area contributed by atoms with Crippen LogP contribution < -0.4 is 5.32 Å². The lowest BCUT2D eigenvalue weighted by atomic mass is 10.0. The Hall–Kier alpha value is -1.40. The fraction of sp³-hybridized carbons (Fsp3) is 0.357. The molecule has 1 heterocycles. The van der Waals surface area contributed by atoms with Gasteiger partial charge in [-0.1, -0.05) is 49.1 Å². The first kappa shape index (κ1) is 15.0. The first-order chi connectivity index (χ1) is 9.54. The Kier molecular flexibility index (Phi) is 5.14. The van der Waals surface area contributed by atoms with Crippen molar-refractivity contribution in [3.05, 3.63) is 29.8 Å². The molecular formula is C14H17N3OS2. The van der Waals surface area contributed by atoms with Crippen LogP contribution in [0.25, 0.3) is 0 Å². The summed E-state index contributed by atoms with van der Waals surface area (Å²) in [6.45, 7) is 5.92. The van der Waals surface area contributed by atoms with E-state index in [0.29, 0.717) is 11.7 Å². The van der Waals surface area contributed by atoms with E-state index in [2.05, 4.69) is 41.5 Å². The zero-order chi connectivity index (χ0) is 14.5. The largest absolute Gasteiger partial charge is 0.330 e. The Morgan fingerprint density at radius 2 is 2.00 bits per heavy atom. The molecule has 0 atom stereocenters. The zero-order valence-corrected chi connectivity index (χ0v) is 13.3. The third-order valence-electron chi connectivity index (χ3n) is 2.63. The van der Waals surface area contributed by atoms with Gasteiger partial charge in [0.05, 0.1) is 5.75 Å². The maximum atomic E-state index is 10.9. The highest BCUT2D eigenvalue weighted by molar-refractivity contribution is 8.01. The van der Waals surface area contributed by atoms with Gasteiger partial charge in [-0.2, -0.15) is 0 Å². The summed E-state index contributed by atoms with van der Waals surface area (Å²) in [6, 6.07) is 8.30. The molecule has 0 saturated heterocycles. The van der Waals surface area contributed by atoms with Gasteiger partial charge in [0.2, 0.25) is 5.13 Å². The number of nitrogens with zero attached hydrogens (tertiary/aromatic N) is 2. The lowest BCUT2D eigenvalue weighted by molar-refractivity contribution is -0.114. The molecule has 1 N–H and O–H groups in total. The summed E-state index contributed by atoms with van der Waals surface area (Å²) < 4.78 is 0.807. The van der Waals surface area contributed by atoms with E-state index in [1.54, 1.807) is 6.92 Å². The first-order valence-electron chi connectivity index (χ1n) is 6.37. The van der Waals surface area contributed by atoms with E-state index < -0.39 is 0 Å². The van der Waals surface area contributed by atoms with Crippen LogP contribution in [-0.4, -0.2) is 21.7 Å². The summed E-state index contributed by atoms with van der Waals surface area (Å²) >= 11 is 2.88. The molecule has 0 saturated carbocycles. The van der Waals surface area contributed by atoms with Crippen LogP contribution in [-0.2, 0) is 4.79 Å². The number of aromatic nitrogens is 2. The molecule has 0 aliphatic heterocycles. The molecule has 1 aromatic heterocycles. The predicted octanol–water partition coefficient (Wildman–Crippen LogP) is 4.09. The van der Waals surface area contributed by atoms with E-state index in [4.69, 9.17) is 0 Å². The van der Waals surface area contributed by atoms with E-state index >= 15 is 0 Å². The maximum Gasteiger partial charge on any atom is 0.210 e. The van der Waals surface area contributed by atoms with Gasteiger partial charge in [0.25, 0.3) is 0 Å². The summed E-state index contributed by atoms with van der Waals surface area (Å²) in [5.74, 6) is 1.11. The van der Waals surface area contributed by atoms with Crippen molar-refractivity contribution >= 4 is 39.7 Å². The molecule has 0 aliphatic rings. The quantitative estimate of drug-likeness (QED) is 0.815. The second kappa shape index (κ2) is 6.85. The van der Waals surface area contributed by atoms with Gasteiger partial charge in [-0.05, 0) is 30.5 Å². The lowest BCUT2D eigenvalue weighted by Gasteiger charge is -2.06. The number of ketones is 1. The maximum absolute atomic E-state index is 10.9. The molecule has 2 rings (SSSR count). The Morgan fingerprint density at radius 3 is 2.60 bits per heavy atom. The summed E-state index contributed by atoms with van der Waals surface area (Å²) in [7, 11) is 0. The van der Waals surface area contributed by atoms with Crippen LogP contribution in [0.1, 0.15) is 32.3 Å². The monoisotopic (exact) mass is 307 g/mol. The van der Waals surface area contributed by atoms with Gasteiger partial charge >= 0.3 is 0 Å². The minimum Gasteiger partial charge on any atom is -0.330 e. The number of nitrogens with one attached hydrogen (secondary N) is 1. The highest BCUT2D eigenvalue weighted by Crippen LogP contribution is 2.28. The highest BCUT2D eigenvalue weighted by Gasteiger charge is 2.06. The Morgan fingerprint density at radius 1 is 1.30 bits per heavy atom. The van der Waals surface area contributed by atoms with Gasteiger partial charge in [0.15, 0.2) is 4.34 Å². The van der Waals surface area contributed by atoms with Crippen molar-refractivity contribution in [1.82, 2.24) is 10.2 Å². The van der Waals surface area contributed by atoms with E-state index in [-0.39, 0.29) is 5.78 Å². The average Bonchev–Trinajstić information content (AvgIpc) is 2.84. The molecule has 1 aromatic carbocycles. The minimum atomic E-state index is 0.143. The smallest absolute Gasteiger partial charge is 0.210 e. The molecule has 0 radical (unpaired) electrons. The van der Waals surface area contributed by atoms with Crippen LogP contribution in [0.2, 0.25) is 0 Å². The van der Waals surface area contributed by atoms with Crippen LogP contribution in [0, 0.1) is 0 Å². The molecule has 0 spiro atoms. The molecule has 6 heteroatoms. The molecule has 0 unspecified atom stereocenters. The number of carbonyl (C=O) groups excluding carboxylic acids is 1. The Balaban J connectivity index is 1.97. The van der Waals surface area contributed by atoms with Gasteiger partial charge in [0, 0.05) is 5.69 Å². The first-order valence-corrected chi connectivity index (χ1v) is 8.17. The minimum absolute atomic E-state index is 0.143. The van der Waals surface area contributed by atoms with Crippen molar-refractivity contribution in [2.45, 2.75) is 31.0 Å². The molecule has 4 nitrogen and oxygen atoms in total. The zero-order valence-electron chi connectivity index (χ0n) is 11.7. The van der Waals surface area contributed by atoms with Crippen molar-refractivity contribution in [3.63, 3.8) is 0 Å². The predicted molar refractivity (Wildman–Crippen MR) is 85.1 cm³/mol. The topological polar surface area (TPSA) is 54.9 Å². The van der Waals surface area contributed by atoms with Gasteiger partial charge in [-0.15, -0.1) is 10.2 Å². The summed E-state index contributed by atoms with van der Waals surface area (Å²) in [6.07, 6.45) is 0. The highest BCUT2D eigenvalue weighted by atomic mass is 32.2. The molecular weight excluding hydrogens is 290 g/mol. The van der Waals surface area contributed by atoms with Gasteiger partial charge in [0.1, 0.15) is 5.78 Å². The van der Waals surface area contributed by atoms with E-state index in [1.165, 1.54) is 28.7 Å². The SMILES string of the molecule is CC(=O)CSc1nnc(Nc2ccc(C(C)C)cc2)s1. The third-order valence-corrected chi connectivity index (χ3v) is 4.75. The van der Waals surface area contributed by atoms with Crippen molar-refractivity contribution in [2.24, 2.45) is 0 Å². The fourth-order valence-corrected chi connectivity index (χ4v) is 3.13. The fourth-order valence-electron chi connectivity index (χ4n) is 1.56. The normalized spacial score (nSPS) is 10.8. The summed E-state index contributed by atoms with van der Waals surface area (Å²) in [4.78, 5) is 10.9. The number of Topliss-reactive ketones (excluding diaryl/α,β-unsaturated/α-hetero) is 1. The standard InChI is InChI=1S/C14H17N3OS2/c1-9(2)11-4-6-12(7-5-11)15-13-16-17-14(20-13)19-8-10(3)18/h4-7,9H,8H2,1-3H3,(H,15,16). The van der Waals surface area contributed by atoms with Crippen LogP contribution in [0.15, 0.2) is 28.6 Å². The van der Waals surface area contributed by atoms with Crippen molar-refractivity contribution in [1.29, 1.82) is 0 Å². The molecule has 20 heavy (non-hydrogen) atoms. The second-order valence-electron chi connectivity index (χ2n) is 4.77. The van der Waals surface area contributed by atoms with Crippen molar-refractivity contribution in [3.8, 4) is 0 Å². The van der Waals surface area contributed by atoms with Crippen LogP contribution >= 0.6 is 23.1 Å². The van der Waals surface area contributed by atoms with Gasteiger partial charge in [-0.3, -0.25) is 4.79 Å². The summed E-state index contributed by atoms with van der Waals surface area (Å²) in [5, 5.41) is 12.1. The molecule has 0 aliphatic carbocycles. The van der Waals surface area contributed by atoms with E-state index in [0.717, 1.165) is 15.2 Å². The molecule has 0 bridgehead atoms. The Bertz CT molecular complexity index is 578. The third kappa shape index (κ3) is 4.31. The van der Waals surface area contributed by atoms with Gasteiger partial charge in [-0.25, -0.2) is 0 Å². The number of carbonyl (C=O) groups is 1. The van der Waals surface area contributed by atoms with Crippen LogP contribution in [0.3, 0.4) is 0 Å². The van der Waals surface area contributed by atoms with Crippen molar-refractivity contribution in [2.75, 3.05) is 11.1 Å². The number of anilines is 2. The number of hydrogen-bond acceptors (Lipinski definition) is 6. The Labute approximate surface area is 127 Å².